The number of nitrogens with one attached hydrogen (secondary N) is 1. The Morgan fingerprint density at radius 3 is 2.57 bits per heavy atom. The van der Waals surface area contributed by atoms with Gasteiger partial charge in [-0.25, -0.2) is 8.42 Å². The van der Waals surface area contributed by atoms with Crippen LogP contribution < -0.4 is 10.1 Å². The summed E-state index contributed by atoms with van der Waals surface area (Å²) in [4.78, 5) is 16.3. The molecule has 1 amide bonds. The number of carbonyl (C=O) groups is 1. The minimum absolute atomic E-state index is 0.0134. The lowest BCUT2D eigenvalue weighted by molar-refractivity contribution is -0.123. The maximum Gasteiger partial charge on any atom is 0.258 e. The minimum atomic E-state index is -3.94. The Balaban J connectivity index is 1.28. The van der Waals surface area contributed by atoms with Crippen molar-refractivity contribution in [3.8, 4) is 5.75 Å². The molecule has 2 unspecified atom stereocenters. The summed E-state index contributed by atoms with van der Waals surface area (Å²) in [5, 5.41) is 23.4. The number of ether oxygens (including phenoxy) is 1. The predicted octanol–water partition coefficient (Wildman–Crippen LogP) is -0.104. The molecule has 0 aliphatic carbocycles. The number of amides is 1. The number of benzene rings is 2. The van der Waals surface area contributed by atoms with E-state index in [9.17, 15) is 23.4 Å². The monoisotopic (exact) mass is 532 g/mol. The lowest BCUT2D eigenvalue weighted by atomic mass is 10.00. The molecule has 2 aliphatic rings. The zero-order chi connectivity index (χ0) is 26.6. The van der Waals surface area contributed by atoms with E-state index >= 15 is 0 Å². The van der Waals surface area contributed by atoms with E-state index in [1.165, 1.54) is 27.6 Å². The number of aliphatic hydroxyl groups is 2. The van der Waals surface area contributed by atoms with Gasteiger partial charge in [-0.2, -0.15) is 4.31 Å². The number of nitrogens with zero attached hydrogens (tertiary/aromatic N) is 3. The number of fused-ring (bicyclic) bond motifs is 1. The van der Waals surface area contributed by atoms with Crippen LogP contribution in [0.25, 0.3) is 0 Å². The summed E-state index contributed by atoms with van der Waals surface area (Å²) >= 11 is 0. The van der Waals surface area contributed by atoms with Gasteiger partial charge in [-0.3, -0.25) is 9.69 Å². The van der Waals surface area contributed by atoms with Crippen molar-refractivity contribution in [3.63, 3.8) is 0 Å². The van der Waals surface area contributed by atoms with Crippen LogP contribution in [0.5, 0.6) is 5.75 Å². The maximum absolute atomic E-state index is 13.3. The highest BCUT2D eigenvalue weighted by Gasteiger charge is 2.40. The summed E-state index contributed by atoms with van der Waals surface area (Å²) in [6.07, 6.45) is -0.611. The molecule has 10 nitrogen and oxygen atoms in total. The van der Waals surface area contributed by atoms with Crippen molar-refractivity contribution in [3.05, 3.63) is 59.7 Å². The lowest BCUT2D eigenvalue weighted by Gasteiger charge is -2.30. The first-order valence-corrected chi connectivity index (χ1v) is 13.9. The van der Waals surface area contributed by atoms with E-state index in [-0.39, 0.29) is 42.9 Å². The molecule has 2 heterocycles. The Kier molecular flexibility index (Phi) is 8.83. The SMILES string of the molecule is CN(C)C1CN(S(=O)(=O)c2ccccc2OCC(=O)NC[C@@H](O)CN2CCc3ccccc3C2)CC1O. The number of carbonyl (C=O) groups excluding carboxylic acids is 1. The van der Waals surface area contributed by atoms with Crippen LogP contribution in [-0.4, -0.2) is 110 Å². The van der Waals surface area contributed by atoms with Gasteiger partial charge in [0.25, 0.3) is 5.91 Å². The highest BCUT2D eigenvalue weighted by molar-refractivity contribution is 7.89. The molecule has 202 valence electrons. The Bertz CT molecular complexity index is 1190. The number of aliphatic hydroxyl groups excluding tert-OH is 2. The zero-order valence-corrected chi connectivity index (χ0v) is 22.1. The van der Waals surface area contributed by atoms with Crippen LogP contribution in [0, 0.1) is 0 Å². The Labute approximate surface area is 218 Å². The molecule has 2 aromatic rings. The first-order chi connectivity index (χ1) is 17.6. The quantitative estimate of drug-likeness (QED) is 0.388. The third kappa shape index (κ3) is 6.67. The molecule has 1 fully saturated rings. The number of sulfonamides is 1. The molecule has 0 aromatic heterocycles. The van der Waals surface area contributed by atoms with E-state index in [4.69, 9.17) is 4.74 Å². The third-order valence-corrected chi connectivity index (χ3v) is 8.80. The highest BCUT2D eigenvalue weighted by Crippen LogP contribution is 2.29. The fraction of sp³-hybridized carbons (Fsp3) is 0.500. The first kappa shape index (κ1) is 27.5. The molecule has 3 atom stereocenters. The van der Waals surface area contributed by atoms with Gasteiger partial charge < -0.3 is 25.2 Å². The fourth-order valence-corrected chi connectivity index (χ4v) is 6.47. The topological polar surface area (TPSA) is 123 Å². The number of likely N-dealkylation sites (N-methyl/N-ethyl adjacent to an activating group) is 1. The highest BCUT2D eigenvalue weighted by atomic mass is 32.2. The number of para-hydroxylation sites is 1. The van der Waals surface area contributed by atoms with Gasteiger partial charge in [0.05, 0.1) is 18.2 Å². The molecule has 2 aromatic carbocycles. The van der Waals surface area contributed by atoms with Gasteiger partial charge >= 0.3 is 0 Å². The predicted molar refractivity (Wildman–Crippen MR) is 139 cm³/mol. The van der Waals surface area contributed by atoms with Gasteiger partial charge in [-0.15, -0.1) is 0 Å². The second-order valence-electron chi connectivity index (χ2n) is 9.87. The van der Waals surface area contributed by atoms with Gasteiger partial charge in [0.2, 0.25) is 10.0 Å². The normalized spacial score (nSPS) is 21.5. The van der Waals surface area contributed by atoms with Crippen LogP contribution in [0.2, 0.25) is 0 Å². The average molecular weight is 533 g/mol. The summed E-state index contributed by atoms with van der Waals surface area (Å²) in [5.41, 5.74) is 2.59. The van der Waals surface area contributed by atoms with Crippen LogP contribution in [0.1, 0.15) is 11.1 Å². The van der Waals surface area contributed by atoms with E-state index in [1.54, 1.807) is 31.1 Å². The minimum Gasteiger partial charge on any atom is -0.482 e. The number of rotatable bonds is 10. The van der Waals surface area contributed by atoms with Crippen LogP contribution in [0.15, 0.2) is 53.4 Å². The van der Waals surface area contributed by atoms with Crippen LogP contribution in [0.3, 0.4) is 0 Å². The van der Waals surface area contributed by atoms with Crippen molar-refractivity contribution in [2.75, 3.05) is 53.4 Å². The van der Waals surface area contributed by atoms with Crippen LogP contribution in [0.4, 0.5) is 0 Å². The second kappa shape index (κ2) is 11.9. The fourth-order valence-electron chi connectivity index (χ4n) is 4.86. The van der Waals surface area contributed by atoms with Crippen molar-refractivity contribution in [1.82, 2.24) is 19.4 Å². The number of hydrogen-bond donors (Lipinski definition) is 3. The second-order valence-corrected chi connectivity index (χ2v) is 11.8. The van der Waals surface area contributed by atoms with Crippen molar-refractivity contribution in [2.45, 2.75) is 36.1 Å². The molecule has 11 heteroatoms. The summed E-state index contributed by atoms with van der Waals surface area (Å²) < 4.78 is 33.4. The van der Waals surface area contributed by atoms with Gasteiger partial charge in [0, 0.05) is 39.3 Å². The summed E-state index contributed by atoms with van der Waals surface area (Å²) in [7, 11) is -0.348. The third-order valence-electron chi connectivity index (χ3n) is 6.93. The Hall–Kier alpha value is -2.54. The Morgan fingerprint density at radius 2 is 1.84 bits per heavy atom. The van der Waals surface area contributed by atoms with Gasteiger partial charge in [-0.1, -0.05) is 36.4 Å². The molecule has 4 rings (SSSR count). The molecule has 1 saturated heterocycles. The summed E-state index contributed by atoms with van der Waals surface area (Å²) in [6.45, 7) is 1.87. The van der Waals surface area contributed by atoms with Crippen LogP contribution in [-0.2, 0) is 27.8 Å². The maximum atomic E-state index is 13.3. The molecule has 2 aliphatic heterocycles. The molecular formula is C26H36N4O6S. The number of β-amino-alcohol motifs (C(OH)–C–C–N with tert-alkyl or cyclic N) is 2. The Morgan fingerprint density at radius 1 is 1.14 bits per heavy atom. The largest absolute Gasteiger partial charge is 0.482 e. The van der Waals surface area contributed by atoms with Gasteiger partial charge in [0.15, 0.2) is 6.61 Å². The lowest BCUT2D eigenvalue weighted by Crippen LogP contribution is -2.43. The molecule has 37 heavy (non-hydrogen) atoms. The van der Waals surface area contributed by atoms with E-state index in [1.807, 2.05) is 12.1 Å². The van der Waals surface area contributed by atoms with E-state index in [0.29, 0.717) is 6.54 Å². The number of hydrogen-bond acceptors (Lipinski definition) is 8. The first-order valence-electron chi connectivity index (χ1n) is 12.5. The average Bonchev–Trinajstić information content (AvgIpc) is 3.29. The van der Waals surface area contributed by atoms with Gasteiger partial charge in [-0.05, 0) is 43.8 Å². The van der Waals surface area contributed by atoms with Crippen molar-refractivity contribution in [2.24, 2.45) is 0 Å². The standard InChI is InChI=1S/C26H36N4O6S/c1-28(2)22-16-30(17-23(22)32)37(34,35)25-10-6-5-9-24(25)36-18-26(33)27-13-21(31)15-29-12-11-19-7-3-4-8-20(19)14-29/h3-10,21-23,31-32H,11-18H2,1-2H3,(H,27,33)/t21-,22?,23?/m1/s1. The smallest absolute Gasteiger partial charge is 0.258 e. The van der Waals surface area contributed by atoms with E-state index in [0.717, 1.165) is 19.5 Å². The molecular weight excluding hydrogens is 496 g/mol. The molecule has 3 N–H and O–H groups in total. The van der Waals surface area contributed by atoms with Gasteiger partial charge in [0.1, 0.15) is 10.6 Å². The van der Waals surface area contributed by atoms with Crippen molar-refractivity contribution < 1.29 is 28.2 Å². The molecule has 0 radical (unpaired) electrons. The zero-order valence-electron chi connectivity index (χ0n) is 21.3. The molecule has 0 bridgehead atoms. The van der Waals surface area contributed by atoms with E-state index < -0.39 is 28.1 Å². The van der Waals surface area contributed by atoms with Crippen LogP contribution >= 0.6 is 0 Å². The molecule has 0 spiro atoms. The van der Waals surface area contributed by atoms with Crippen molar-refractivity contribution >= 4 is 15.9 Å². The van der Waals surface area contributed by atoms with Crippen molar-refractivity contribution in [1.29, 1.82) is 0 Å². The van der Waals surface area contributed by atoms with E-state index in [2.05, 4.69) is 22.3 Å². The summed E-state index contributed by atoms with van der Waals surface area (Å²) in [6, 6.07) is 14.1. The molecule has 0 saturated carbocycles. The summed E-state index contributed by atoms with van der Waals surface area (Å²) in [5.74, 6) is -0.396.